The van der Waals surface area contributed by atoms with Gasteiger partial charge in [0.1, 0.15) is 11.6 Å². The van der Waals surface area contributed by atoms with Crippen LogP contribution in [0.15, 0.2) is 40.9 Å². The average molecular weight is 323 g/mol. The molecule has 0 unspecified atom stereocenters. The lowest BCUT2D eigenvalue weighted by Crippen LogP contribution is -2.02. The van der Waals surface area contributed by atoms with Crippen molar-refractivity contribution in [3.05, 3.63) is 63.6 Å². The van der Waals surface area contributed by atoms with Crippen molar-refractivity contribution in [2.24, 2.45) is 0 Å². The van der Waals surface area contributed by atoms with E-state index in [4.69, 9.17) is 5.26 Å². The Kier molecular flexibility index (Phi) is 4.13. The molecule has 0 saturated carbocycles. The van der Waals surface area contributed by atoms with Crippen molar-refractivity contribution in [3.8, 4) is 6.07 Å². The Morgan fingerprint density at radius 2 is 1.95 bits per heavy atom. The molecule has 0 aliphatic heterocycles. The molecule has 0 aliphatic rings. The Morgan fingerprint density at radius 3 is 2.68 bits per heavy atom. The van der Waals surface area contributed by atoms with Crippen molar-refractivity contribution in [2.45, 2.75) is 6.54 Å². The van der Waals surface area contributed by atoms with E-state index in [-0.39, 0.29) is 10.2 Å². The van der Waals surface area contributed by atoms with Crippen LogP contribution in [0, 0.1) is 23.0 Å². The zero-order valence-corrected chi connectivity index (χ0v) is 11.3. The van der Waals surface area contributed by atoms with E-state index in [1.54, 1.807) is 18.2 Å². The number of nitrogens with one attached hydrogen (secondary N) is 1. The van der Waals surface area contributed by atoms with E-state index >= 15 is 0 Å². The first kappa shape index (κ1) is 13.5. The fourth-order valence-electron chi connectivity index (χ4n) is 1.61. The van der Waals surface area contributed by atoms with Crippen LogP contribution < -0.4 is 5.32 Å². The molecule has 2 aromatic carbocycles. The molecule has 1 N–H and O–H groups in total. The minimum absolute atomic E-state index is 0.196. The van der Waals surface area contributed by atoms with Gasteiger partial charge >= 0.3 is 0 Å². The van der Waals surface area contributed by atoms with Crippen LogP contribution in [0.5, 0.6) is 0 Å². The van der Waals surface area contributed by atoms with E-state index in [1.807, 2.05) is 12.1 Å². The van der Waals surface area contributed by atoms with Crippen molar-refractivity contribution in [1.82, 2.24) is 0 Å². The van der Waals surface area contributed by atoms with E-state index in [9.17, 15) is 8.78 Å². The minimum Gasteiger partial charge on any atom is -0.379 e. The molecule has 0 bridgehead atoms. The van der Waals surface area contributed by atoms with E-state index in [0.717, 1.165) is 11.6 Å². The zero-order valence-electron chi connectivity index (χ0n) is 9.75. The maximum absolute atomic E-state index is 13.5. The highest BCUT2D eigenvalue weighted by molar-refractivity contribution is 9.10. The van der Waals surface area contributed by atoms with Gasteiger partial charge in [-0.2, -0.15) is 5.26 Å². The van der Waals surface area contributed by atoms with Crippen LogP contribution in [0.3, 0.4) is 0 Å². The molecule has 0 fully saturated rings. The predicted octanol–water partition coefficient (Wildman–Crippen LogP) is 4.21. The number of anilines is 1. The molecule has 0 aromatic heterocycles. The molecular formula is C14H9BrF2N2. The Labute approximate surface area is 117 Å². The van der Waals surface area contributed by atoms with Gasteiger partial charge in [0, 0.05) is 12.6 Å². The normalized spacial score (nSPS) is 10.0. The van der Waals surface area contributed by atoms with Crippen LogP contribution in [0.25, 0.3) is 0 Å². The van der Waals surface area contributed by atoms with E-state index in [1.165, 1.54) is 6.07 Å². The number of hydrogen-bond acceptors (Lipinski definition) is 2. The molecule has 0 atom stereocenters. The first-order valence-corrected chi connectivity index (χ1v) is 6.27. The number of hydrogen-bond donors (Lipinski definition) is 1. The summed E-state index contributed by atoms with van der Waals surface area (Å²) in [4.78, 5) is 0. The lowest BCUT2D eigenvalue weighted by atomic mass is 10.1. The van der Waals surface area contributed by atoms with Crippen LogP contribution >= 0.6 is 15.9 Å². The molecule has 2 aromatic rings. The van der Waals surface area contributed by atoms with Gasteiger partial charge in [-0.05, 0) is 39.7 Å². The van der Waals surface area contributed by atoms with Crippen LogP contribution in [-0.2, 0) is 6.54 Å². The summed E-state index contributed by atoms with van der Waals surface area (Å²) in [6.45, 7) is 0.352. The number of halogens is 3. The topological polar surface area (TPSA) is 35.8 Å². The largest absolute Gasteiger partial charge is 0.379 e. The Bertz CT molecular complexity index is 650. The zero-order chi connectivity index (χ0) is 13.8. The van der Waals surface area contributed by atoms with Crippen molar-refractivity contribution in [3.63, 3.8) is 0 Å². The Morgan fingerprint density at radius 1 is 1.16 bits per heavy atom. The first-order valence-electron chi connectivity index (χ1n) is 5.47. The highest BCUT2D eigenvalue weighted by atomic mass is 79.9. The lowest BCUT2D eigenvalue weighted by molar-refractivity contribution is 0.580. The average Bonchev–Trinajstić information content (AvgIpc) is 2.41. The third-order valence-corrected chi connectivity index (χ3v) is 3.16. The van der Waals surface area contributed by atoms with Gasteiger partial charge in [-0.15, -0.1) is 0 Å². The predicted molar refractivity (Wildman–Crippen MR) is 72.5 cm³/mol. The van der Waals surface area contributed by atoms with Crippen LogP contribution in [0.4, 0.5) is 14.5 Å². The summed E-state index contributed by atoms with van der Waals surface area (Å²) in [5.74, 6) is -1.30. The molecule has 2 nitrogen and oxygen atoms in total. The SMILES string of the molecule is N#Cc1cccc(CNc2cc(Br)c(F)cc2F)c1. The fourth-order valence-corrected chi connectivity index (χ4v) is 1.95. The Balaban J connectivity index is 2.14. The molecule has 19 heavy (non-hydrogen) atoms. The second-order valence-electron chi connectivity index (χ2n) is 3.91. The van der Waals surface area contributed by atoms with Gasteiger partial charge in [-0.3, -0.25) is 0 Å². The molecule has 0 saturated heterocycles. The quantitative estimate of drug-likeness (QED) is 0.859. The van der Waals surface area contributed by atoms with Gasteiger partial charge in [0.2, 0.25) is 0 Å². The van der Waals surface area contributed by atoms with E-state index in [0.29, 0.717) is 12.1 Å². The van der Waals surface area contributed by atoms with E-state index < -0.39 is 11.6 Å². The molecule has 0 aliphatic carbocycles. The summed E-state index contributed by atoms with van der Waals surface area (Å²) in [6.07, 6.45) is 0. The first-order chi connectivity index (χ1) is 9.10. The number of rotatable bonds is 3. The number of nitriles is 1. The second kappa shape index (κ2) is 5.81. The van der Waals surface area contributed by atoms with Crippen molar-refractivity contribution in [2.75, 3.05) is 5.32 Å². The summed E-state index contributed by atoms with van der Waals surface area (Å²) in [5, 5.41) is 11.6. The second-order valence-corrected chi connectivity index (χ2v) is 4.77. The van der Waals surface area contributed by atoms with Gasteiger partial charge in [0.05, 0.1) is 21.8 Å². The van der Waals surface area contributed by atoms with Crippen LogP contribution in [0.2, 0.25) is 0 Å². The van der Waals surface area contributed by atoms with Gasteiger partial charge in [0.15, 0.2) is 0 Å². The van der Waals surface area contributed by atoms with Crippen LogP contribution in [-0.4, -0.2) is 0 Å². The molecule has 0 spiro atoms. The monoisotopic (exact) mass is 322 g/mol. The molecule has 96 valence electrons. The van der Waals surface area contributed by atoms with Crippen molar-refractivity contribution < 1.29 is 8.78 Å². The van der Waals surface area contributed by atoms with Gasteiger partial charge in [0.25, 0.3) is 0 Å². The standard InChI is InChI=1S/C14H9BrF2N2/c15-11-5-14(13(17)6-12(11)16)19-8-10-3-1-2-9(4-10)7-18/h1-6,19H,8H2. The fraction of sp³-hybridized carbons (Fsp3) is 0.0714. The van der Waals surface area contributed by atoms with Crippen LogP contribution in [0.1, 0.15) is 11.1 Å². The third-order valence-electron chi connectivity index (χ3n) is 2.55. The molecule has 0 amide bonds. The molecule has 2 rings (SSSR count). The molecule has 0 radical (unpaired) electrons. The maximum Gasteiger partial charge on any atom is 0.149 e. The van der Waals surface area contributed by atoms with Gasteiger partial charge < -0.3 is 5.32 Å². The maximum atomic E-state index is 13.5. The molecular weight excluding hydrogens is 314 g/mol. The summed E-state index contributed by atoms with van der Waals surface area (Å²) < 4.78 is 26.8. The highest BCUT2D eigenvalue weighted by Gasteiger charge is 2.07. The highest BCUT2D eigenvalue weighted by Crippen LogP contribution is 2.24. The minimum atomic E-state index is -0.655. The third kappa shape index (κ3) is 3.30. The van der Waals surface area contributed by atoms with Crippen molar-refractivity contribution >= 4 is 21.6 Å². The summed E-state index contributed by atoms with van der Waals surface area (Å²) in [7, 11) is 0. The Hall–Kier alpha value is -1.93. The summed E-state index contributed by atoms with van der Waals surface area (Å²) in [5.41, 5.74) is 1.59. The molecule has 5 heteroatoms. The van der Waals surface area contributed by atoms with E-state index in [2.05, 4.69) is 21.2 Å². The smallest absolute Gasteiger partial charge is 0.149 e. The number of benzene rings is 2. The summed E-state index contributed by atoms with van der Waals surface area (Å²) in [6, 6.07) is 11.2. The molecule has 0 heterocycles. The van der Waals surface area contributed by atoms with Gasteiger partial charge in [-0.1, -0.05) is 12.1 Å². The van der Waals surface area contributed by atoms with Gasteiger partial charge in [-0.25, -0.2) is 8.78 Å². The summed E-state index contributed by atoms with van der Waals surface area (Å²) >= 11 is 3.00. The van der Waals surface area contributed by atoms with Crippen molar-refractivity contribution in [1.29, 1.82) is 5.26 Å². The lowest BCUT2D eigenvalue weighted by Gasteiger charge is -2.09. The number of nitrogens with zero attached hydrogens (tertiary/aromatic N) is 1.